The summed E-state index contributed by atoms with van der Waals surface area (Å²) in [5.74, 6) is 0.820. The van der Waals surface area contributed by atoms with Crippen molar-refractivity contribution in [1.29, 1.82) is 5.26 Å². The van der Waals surface area contributed by atoms with Gasteiger partial charge in [-0.25, -0.2) is 4.98 Å². The minimum absolute atomic E-state index is 0.451. The van der Waals surface area contributed by atoms with E-state index in [0.29, 0.717) is 17.6 Å². The Kier molecular flexibility index (Phi) is 3.60. The summed E-state index contributed by atoms with van der Waals surface area (Å²) in [6.45, 7) is 5.14. The van der Waals surface area contributed by atoms with E-state index < -0.39 is 0 Å². The predicted octanol–water partition coefficient (Wildman–Crippen LogP) is 1.81. The first kappa shape index (κ1) is 11.9. The number of piperidine rings is 1. The first-order valence-electron chi connectivity index (χ1n) is 6.06. The second kappa shape index (κ2) is 5.15. The highest BCUT2D eigenvalue weighted by Gasteiger charge is 2.18. The van der Waals surface area contributed by atoms with Gasteiger partial charge in [0.1, 0.15) is 5.82 Å². The van der Waals surface area contributed by atoms with Gasteiger partial charge in [0.2, 0.25) is 0 Å². The van der Waals surface area contributed by atoms with E-state index in [4.69, 9.17) is 5.26 Å². The summed E-state index contributed by atoms with van der Waals surface area (Å²) in [5, 5.41) is 15.8. The smallest absolute Gasteiger partial charge is 0.127 e. The molecule has 2 atom stereocenters. The summed E-state index contributed by atoms with van der Waals surface area (Å²) in [6.07, 6.45) is 2.19. The molecular formula is C13H18N4. The van der Waals surface area contributed by atoms with Crippen molar-refractivity contribution in [2.45, 2.75) is 38.8 Å². The molecule has 1 aromatic heterocycles. The third-order valence-electron chi connectivity index (χ3n) is 3.06. The quantitative estimate of drug-likeness (QED) is 0.813. The molecular weight excluding hydrogens is 212 g/mol. The van der Waals surface area contributed by atoms with Crippen LogP contribution < -0.4 is 10.6 Å². The number of pyridine rings is 1. The molecule has 0 saturated carbocycles. The van der Waals surface area contributed by atoms with Gasteiger partial charge in [0.15, 0.2) is 0 Å². The Balaban J connectivity index is 2.07. The van der Waals surface area contributed by atoms with Crippen LogP contribution in [-0.4, -0.2) is 23.6 Å². The molecule has 4 nitrogen and oxygen atoms in total. The van der Waals surface area contributed by atoms with Crippen LogP contribution in [0.3, 0.4) is 0 Å². The van der Waals surface area contributed by atoms with Gasteiger partial charge >= 0.3 is 0 Å². The molecule has 90 valence electrons. The van der Waals surface area contributed by atoms with Gasteiger partial charge in [0.05, 0.1) is 11.6 Å². The van der Waals surface area contributed by atoms with Gasteiger partial charge in [-0.2, -0.15) is 5.26 Å². The number of nitrogens with zero attached hydrogens (tertiary/aromatic N) is 2. The summed E-state index contributed by atoms with van der Waals surface area (Å²) < 4.78 is 0. The van der Waals surface area contributed by atoms with Gasteiger partial charge < -0.3 is 10.6 Å². The summed E-state index contributed by atoms with van der Waals surface area (Å²) in [7, 11) is 0. The fourth-order valence-corrected chi connectivity index (χ4v) is 2.28. The Labute approximate surface area is 102 Å². The number of hydrogen-bond acceptors (Lipinski definition) is 4. The van der Waals surface area contributed by atoms with Gasteiger partial charge in [0, 0.05) is 17.8 Å². The van der Waals surface area contributed by atoms with E-state index >= 15 is 0 Å². The molecule has 0 amide bonds. The van der Waals surface area contributed by atoms with Crippen LogP contribution in [0.15, 0.2) is 12.1 Å². The van der Waals surface area contributed by atoms with Gasteiger partial charge in [-0.15, -0.1) is 0 Å². The third kappa shape index (κ3) is 3.18. The molecule has 17 heavy (non-hydrogen) atoms. The maximum atomic E-state index is 8.92. The number of nitriles is 1. The zero-order valence-electron chi connectivity index (χ0n) is 10.3. The van der Waals surface area contributed by atoms with Crippen molar-refractivity contribution in [3.63, 3.8) is 0 Å². The molecule has 0 aromatic carbocycles. The average molecular weight is 230 g/mol. The number of rotatable bonds is 2. The number of anilines is 1. The van der Waals surface area contributed by atoms with E-state index in [-0.39, 0.29) is 0 Å². The molecule has 0 bridgehead atoms. The largest absolute Gasteiger partial charge is 0.367 e. The number of aromatic nitrogens is 1. The van der Waals surface area contributed by atoms with Gasteiger partial charge in [0.25, 0.3) is 0 Å². The normalized spacial score (nSPS) is 24.1. The van der Waals surface area contributed by atoms with E-state index in [9.17, 15) is 0 Å². The van der Waals surface area contributed by atoms with Crippen LogP contribution in [0.2, 0.25) is 0 Å². The van der Waals surface area contributed by atoms with E-state index in [0.717, 1.165) is 30.9 Å². The van der Waals surface area contributed by atoms with Crippen molar-refractivity contribution in [3.05, 3.63) is 23.4 Å². The fourth-order valence-electron chi connectivity index (χ4n) is 2.28. The van der Waals surface area contributed by atoms with Crippen LogP contribution in [0.4, 0.5) is 5.82 Å². The van der Waals surface area contributed by atoms with Crippen molar-refractivity contribution >= 4 is 5.82 Å². The highest BCUT2D eigenvalue weighted by molar-refractivity contribution is 5.45. The molecule has 0 radical (unpaired) electrons. The first-order chi connectivity index (χ1) is 8.17. The standard InChI is InChI=1S/C13H18N4/c1-9-6-12(3-4-15-9)17-13-7-11(8-14)5-10(2)16-13/h5,7,9,12,15H,3-4,6H2,1-2H3,(H,16,17). The lowest BCUT2D eigenvalue weighted by atomic mass is 10.0. The minimum atomic E-state index is 0.451. The van der Waals surface area contributed by atoms with Crippen molar-refractivity contribution in [3.8, 4) is 6.07 Å². The van der Waals surface area contributed by atoms with Crippen LogP contribution in [0.25, 0.3) is 0 Å². The van der Waals surface area contributed by atoms with Crippen molar-refractivity contribution in [2.24, 2.45) is 0 Å². The number of aryl methyl sites for hydroxylation is 1. The van der Waals surface area contributed by atoms with Crippen molar-refractivity contribution < 1.29 is 0 Å². The third-order valence-corrected chi connectivity index (χ3v) is 3.06. The lowest BCUT2D eigenvalue weighted by molar-refractivity contribution is 0.396. The molecule has 1 aromatic rings. The molecule has 1 fully saturated rings. The summed E-state index contributed by atoms with van der Waals surface area (Å²) in [6, 6.07) is 6.78. The van der Waals surface area contributed by atoms with Crippen LogP contribution >= 0.6 is 0 Å². The predicted molar refractivity (Wildman–Crippen MR) is 67.8 cm³/mol. The number of hydrogen-bond donors (Lipinski definition) is 2. The lowest BCUT2D eigenvalue weighted by Crippen LogP contribution is -2.41. The van der Waals surface area contributed by atoms with Crippen LogP contribution in [-0.2, 0) is 0 Å². The Morgan fingerprint density at radius 1 is 1.53 bits per heavy atom. The molecule has 1 aliphatic heterocycles. The SMILES string of the molecule is Cc1cc(C#N)cc(NC2CCNC(C)C2)n1. The first-order valence-corrected chi connectivity index (χ1v) is 6.06. The topological polar surface area (TPSA) is 60.7 Å². The van der Waals surface area contributed by atoms with Gasteiger partial charge in [-0.1, -0.05) is 0 Å². The highest BCUT2D eigenvalue weighted by Crippen LogP contribution is 2.16. The van der Waals surface area contributed by atoms with Gasteiger partial charge in [-0.05, 0) is 45.4 Å². The molecule has 0 aliphatic carbocycles. The van der Waals surface area contributed by atoms with Gasteiger partial charge in [-0.3, -0.25) is 0 Å². The average Bonchev–Trinajstić information content (AvgIpc) is 2.28. The maximum absolute atomic E-state index is 8.92. The molecule has 2 heterocycles. The zero-order chi connectivity index (χ0) is 12.3. The van der Waals surface area contributed by atoms with Crippen molar-refractivity contribution in [2.75, 3.05) is 11.9 Å². The maximum Gasteiger partial charge on any atom is 0.127 e. The summed E-state index contributed by atoms with van der Waals surface area (Å²) in [5.41, 5.74) is 1.55. The van der Waals surface area contributed by atoms with Crippen LogP contribution in [0.1, 0.15) is 31.0 Å². The van der Waals surface area contributed by atoms with Crippen LogP contribution in [0.5, 0.6) is 0 Å². The Morgan fingerprint density at radius 2 is 2.35 bits per heavy atom. The second-order valence-electron chi connectivity index (χ2n) is 4.72. The summed E-state index contributed by atoms with van der Waals surface area (Å²) in [4.78, 5) is 4.42. The minimum Gasteiger partial charge on any atom is -0.367 e. The highest BCUT2D eigenvalue weighted by atomic mass is 15.0. The molecule has 2 N–H and O–H groups in total. The van der Waals surface area contributed by atoms with Crippen molar-refractivity contribution in [1.82, 2.24) is 10.3 Å². The molecule has 1 saturated heterocycles. The zero-order valence-corrected chi connectivity index (χ0v) is 10.3. The molecule has 2 rings (SSSR count). The monoisotopic (exact) mass is 230 g/mol. The number of nitrogens with one attached hydrogen (secondary N) is 2. The van der Waals surface area contributed by atoms with E-state index in [1.54, 1.807) is 6.07 Å². The molecule has 2 unspecified atom stereocenters. The Bertz CT molecular complexity index is 436. The lowest BCUT2D eigenvalue weighted by Gasteiger charge is -2.29. The molecule has 4 heteroatoms. The van der Waals surface area contributed by atoms with Crippen LogP contribution in [0, 0.1) is 18.3 Å². The molecule has 1 aliphatic rings. The molecule has 0 spiro atoms. The van der Waals surface area contributed by atoms with E-state index in [2.05, 4.69) is 28.6 Å². The second-order valence-corrected chi connectivity index (χ2v) is 4.72. The Morgan fingerprint density at radius 3 is 3.06 bits per heavy atom. The van der Waals surface area contributed by atoms with E-state index in [1.807, 2.05) is 13.0 Å². The fraction of sp³-hybridized carbons (Fsp3) is 0.538. The summed E-state index contributed by atoms with van der Waals surface area (Å²) >= 11 is 0. The van der Waals surface area contributed by atoms with E-state index in [1.165, 1.54) is 0 Å². The Hall–Kier alpha value is -1.60.